The molecule has 1 aromatic heterocycles. The molecule has 0 aliphatic heterocycles. The van der Waals surface area contributed by atoms with Crippen molar-refractivity contribution < 1.29 is 14.3 Å². The van der Waals surface area contributed by atoms with E-state index < -0.39 is 0 Å². The van der Waals surface area contributed by atoms with Crippen molar-refractivity contribution in [2.24, 2.45) is 0 Å². The Bertz CT molecular complexity index is 933. The van der Waals surface area contributed by atoms with Crippen LogP contribution in [0.25, 0.3) is 11.3 Å². The van der Waals surface area contributed by atoms with Gasteiger partial charge in [-0.05, 0) is 23.6 Å². The minimum Gasteiger partial charge on any atom is -0.497 e. The Morgan fingerprint density at radius 2 is 1.81 bits per heavy atom. The maximum atomic E-state index is 12.6. The highest BCUT2D eigenvalue weighted by atomic mass is 32.1. The summed E-state index contributed by atoms with van der Waals surface area (Å²) in [6.07, 6.45) is 0. The highest BCUT2D eigenvalue weighted by Crippen LogP contribution is 2.29. The molecule has 0 radical (unpaired) electrons. The molecule has 0 fully saturated rings. The Balaban J connectivity index is 1.76. The number of rotatable bonds is 6. The number of carbonyl (C=O) groups is 1. The molecule has 0 aliphatic rings. The van der Waals surface area contributed by atoms with Gasteiger partial charge in [-0.1, -0.05) is 38.1 Å². The average molecular weight is 382 g/mol. The van der Waals surface area contributed by atoms with Gasteiger partial charge < -0.3 is 9.47 Å². The van der Waals surface area contributed by atoms with Gasteiger partial charge >= 0.3 is 0 Å². The monoisotopic (exact) mass is 382 g/mol. The molecule has 2 aromatic carbocycles. The molecular formula is C21H22N2O3S. The van der Waals surface area contributed by atoms with Crippen LogP contribution < -0.4 is 14.8 Å². The molecule has 6 heteroatoms. The summed E-state index contributed by atoms with van der Waals surface area (Å²) < 4.78 is 10.5. The van der Waals surface area contributed by atoms with E-state index in [2.05, 4.69) is 48.4 Å². The Morgan fingerprint density at radius 3 is 2.44 bits per heavy atom. The minimum absolute atomic E-state index is 0.273. The van der Waals surface area contributed by atoms with Crippen LogP contribution in [-0.2, 0) is 0 Å². The van der Waals surface area contributed by atoms with Crippen LogP contribution >= 0.6 is 11.3 Å². The normalized spacial score (nSPS) is 10.7. The lowest BCUT2D eigenvalue weighted by molar-refractivity contribution is 0.102. The number of ether oxygens (including phenoxy) is 2. The Kier molecular flexibility index (Phi) is 5.76. The van der Waals surface area contributed by atoms with Crippen LogP contribution in [0.4, 0.5) is 5.13 Å². The van der Waals surface area contributed by atoms with Crippen LogP contribution in [0, 0.1) is 0 Å². The number of nitrogens with one attached hydrogen (secondary N) is 1. The highest BCUT2D eigenvalue weighted by Gasteiger charge is 2.15. The lowest BCUT2D eigenvalue weighted by Crippen LogP contribution is -2.13. The predicted octanol–water partition coefficient (Wildman–Crippen LogP) is 5.20. The number of hydrogen-bond acceptors (Lipinski definition) is 5. The molecule has 0 unspecified atom stereocenters. The zero-order chi connectivity index (χ0) is 19.4. The molecule has 1 heterocycles. The van der Waals surface area contributed by atoms with E-state index in [1.807, 2.05) is 5.38 Å². The summed E-state index contributed by atoms with van der Waals surface area (Å²) in [5.74, 6) is 1.30. The molecule has 1 amide bonds. The van der Waals surface area contributed by atoms with Crippen LogP contribution in [0.1, 0.15) is 35.7 Å². The molecule has 1 N–H and O–H groups in total. The zero-order valence-corrected chi connectivity index (χ0v) is 16.6. The summed E-state index contributed by atoms with van der Waals surface area (Å²) >= 11 is 1.39. The fraction of sp³-hybridized carbons (Fsp3) is 0.238. The van der Waals surface area contributed by atoms with E-state index in [1.54, 1.807) is 25.3 Å². The lowest BCUT2D eigenvalue weighted by atomic mass is 10.0. The summed E-state index contributed by atoms with van der Waals surface area (Å²) in [5, 5.41) is 5.32. The second-order valence-corrected chi connectivity index (χ2v) is 7.19. The fourth-order valence-corrected chi connectivity index (χ4v) is 3.37. The van der Waals surface area contributed by atoms with Gasteiger partial charge in [-0.2, -0.15) is 0 Å². The number of amides is 1. The maximum Gasteiger partial charge on any atom is 0.261 e. The van der Waals surface area contributed by atoms with Crippen molar-refractivity contribution in [1.82, 2.24) is 4.98 Å². The van der Waals surface area contributed by atoms with E-state index >= 15 is 0 Å². The molecular weight excluding hydrogens is 360 g/mol. The summed E-state index contributed by atoms with van der Waals surface area (Å²) in [4.78, 5) is 17.1. The van der Waals surface area contributed by atoms with Gasteiger partial charge in [0.15, 0.2) is 5.13 Å². The van der Waals surface area contributed by atoms with Gasteiger partial charge in [-0.15, -0.1) is 11.3 Å². The third kappa shape index (κ3) is 4.28. The first-order chi connectivity index (χ1) is 13.0. The number of anilines is 1. The van der Waals surface area contributed by atoms with Crippen LogP contribution in [0.3, 0.4) is 0 Å². The van der Waals surface area contributed by atoms with Crippen molar-refractivity contribution >= 4 is 22.4 Å². The van der Waals surface area contributed by atoms with Gasteiger partial charge in [-0.25, -0.2) is 4.98 Å². The molecule has 5 nitrogen and oxygen atoms in total. The average Bonchev–Trinajstić information content (AvgIpc) is 3.15. The van der Waals surface area contributed by atoms with E-state index in [-0.39, 0.29) is 5.91 Å². The third-order valence-corrected chi connectivity index (χ3v) is 5.01. The first kappa shape index (κ1) is 18.9. The van der Waals surface area contributed by atoms with Crippen molar-refractivity contribution in [2.45, 2.75) is 19.8 Å². The number of methoxy groups -OCH3 is 2. The quantitative estimate of drug-likeness (QED) is 0.636. The number of hydrogen-bond donors (Lipinski definition) is 1. The molecule has 0 atom stereocenters. The largest absolute Gasteiger partial charge is 0.497 e. The Hall–Kier alpha value is -2.86. The molecule has 0 saturated heterocycles. The number of nitrogens with zero attached hydrogens (tertiary/aromatic N) is 1. The molecule has 3 rings (SSSR count). The van der Waals surface area contributed by atoms with Crippen LogP contribution in [0.2, 0.25) is 0 Å². The molecule has 3 aromatic rings. The van der Waals surface area contributed by atoms with Crippen LogP contribution in [-0.4, -0.2) is 25.1 Å². The van der Waals surface area contributed by atoms with Crippen molar-refractivity contribution in [2.75, 3.05) is 19.5 Å². The Labute approximate surface area is 163 Å². The van der Waals surface area contributed by atoms with E-state index in [0.29, 0.717) is 28.1 Å². The number of benzene rings is 2. The van der Waals surface area contributed by atoms with Crippen molar-refractivity contribution in [3.05, 3.63) is 59.0 Å². The SMILES string of the molecule is COc1ccc(C(=O)Nc2nc(-c3ccc(C(C)C)cc3)cs2)c(OC)c1. The highest BCUT2D eigenvalue weighted by molar-refractivity contribution is 7.14. The summed E-state index contributed by atoms with van der Waals surface area (Å²) in [7, 11) is 3.09. The van der Waals surface area contributed by atoms with Gasteiger partial charge in [0.2, 0.25) is 0 Å². The molecule has 0 spiro atoms. The van der Waals surface area contributed by atoms with Gasteiger partial charge in [0.25, 0.3) is 5.91 Å². The first-order valence-corrected chi connectivity index (χ1v) is 9.49. The van der Waals surface area contributed by atoms with Crippen LogP contribution in [0.5, 0.6) is 11.5 Å². The standard InChI is InChI=1S/C21H22N2O3S/c1-13(2)14-5-7-15(8-6-14)18-12-27-21(22-18)23-20(24)17-10-9-16(25-3)11-19(17)26-4/h5-13H,1-4H3,(H,22,23,24). The smallest absolute Gasteiger partial charge is 0.261 e. The summed E-state index contributed by atoms with van der Waals surface area (Å²) in [6, 6.07) is 13.4. The van der Waals surface area contributed by atoms with Crippen molar-refractivity contribution in [3.63, 3.8) is 0 Å². The van der Waals surface area contributed by atoms with E-state index in [4.69, 9.17) is 9.47 Å². The minimum atomic E-state index is -0.273. The van der Waals surface area contributed by atoms with Gasteiger partial charge in [-0.3, -0.25) is 10.1 Å². The first-order valence-electron chi connectivity index (χ1n) is 8.61. The number of carbonyl (C=O) groups excluding carboxylic acids is 1. The Morgan fingerprint density at radius 1 is 1.07 bits per heavy atom. The van der Waals surface area contributed by atoms with Crippen LogP contribution in [0.15, 0.2) is 47.8 Å². The molecule has 27 heavy (non-hydrogen) atoms. The van der Waals surface area contributed by atoms with Gasteiger partial charge in [0, 0.05) is 17.0 Å². The maximum absolute atomic E-state index is 12.6. The lowest BCUT2D eigenvalue weighted by Gasteiger charge is -2.09. The zero-order valence-electron chi connectivity index (χ0n) is 15.8. The van der Waals surface area contributed by atoms with Crippen molar-refractivity contribution in [3.8, 4) is 22.8 Å². The topological polar surface area (TPSA) is 60.5 Å². The van der Waals surface area contributed by atoms with Gasteiger partial charge in [0.1, 0.15) is 11.5 Å². The summed E-state index contributed by atoms with van der Waals surface area (Å²) in [6.45, 7) is 4.33. The third-order valence-electron chi connectivity index (χ3n) is 4.25. The number of aromatic nitrogens is 1. The molecule has 0 saturated carbocycles. The summed E-state index contributed by atoms with van der Waals surface area (Å²) in [5.41, 5.74) is 3.58. The predicted molar refractivity (Wildman–Crippen MR) is 109 cm³/mol. The second-order valence-electron chi connectivity index (χ2n) is 6.33. The molecule has 0 aliphatic carbocycles. The molecule has 140 valence electrons. The second kappa shape index (κ2) is 8.22. The fourth-order valence-electron chi connectivity index (χ4n) is 2.65. The van der Waals surface area contributed by atoms with Crippen molar-refractivity contribution in [1.29, 1.82) is 0 Å². The van der Waals surface area contributed by atoms with Gasteiger partial charge in [0.05, 0.1) is 25.5 Å². The van der Waals surface area contributed by atoms with E-state index in [1.165, 1.54) is 24.0 Å². The van der Waals surface area contributed by atoms with E-state index in [9.17, 15) is 4.79 Å². The van der Waals surface area contributed by atoms with E-state index in [0.717, 1.165) is 11.3 Å². The number of thiazole rings is 1. The molecule has 0 bridgehead atoms.